The molecule has 3 heterocycles. The van der Waals surface area contributed by atoms with Crippen molar-refractivity contribution in [3.63, 3.8) is 0 Å². The summed E-state index contributed by atoms with van der Waals surface area (Å²) in [5.41, 5.74) is 4.71. The van der Waals surface area contributed by atoms with Gasteiger partial charge in [0.15, 0.2) is 5.11 Å². The molecule has 1 aliphatic rings. The van der Waals surface area contributed by atoms with Crippen molar-refractivity contribution in [1.29, 1.82) is 0 Å². The molecule has 0 radical (unpaired) electrons. The summed E-state index contributed by atoms with van der Waals surface area (Å²) in [5.74, 6) is -0.788. The minimum absolute atomic E-state index is 0.112. The highest BCUT2D eigenvalue weighted by molar-refractivity contribution is 7.80. The van der Waals surface area contributed by atoms with Crippen molar-refractivity contribution in [2.24, 2.45) is 0 Å². The van der Waals surface area contributed by atoms with E-state index in [-0.39, 0.29) is 30.1 Å². The third-order valence-corrected chi connectivity index (χ3v) is 8.05. The number of thiocarbonyl (C=S) groups is 1. The van der Waals surface area contributed by atoms with Crippen molar-refractivity contribution in [3.05, 3.63) is 111 Å². The van der Waals surface area contributed by atoms with Crippen LogP contribution in [0.5, 0.6) is 0 Å². The molecule has 1 fully saturated rings. The van der Waals surface area contributed by atoms with E-state index in [4.69, 9.17) is 35.4 Å². The number of hydrogen-bond donors (Lipinski definition) is 2. The Bertz CT molecular complexity index is 1540. The van der Waals surface area contributed by atoms with Crippen LogP contribution >= 0.6 is 35.4 Å². The van der Waals surface area contributed by atoms with Gasteiger partial charge in [-0.15, -0.1) is 0 Å². The first-order valence-electron chi connectivity index (χ1n) is 12.4. The van der Waals surface area contributed by atoms with Crippen LogP contribution in [0, 0.1) is 19.7 Å². The molecule has 2 atom stereocenters. The Morgan fingerprint density at radius 2 is 1.87 bits per heavy atom. The van der Waals surface area contributed by atoms with Crippen LogP contribution < -0.4 is 10.6 Å². The van der Waals surface area contributed by atoms with Crippen LogP contribution in [0.25, 0.3) is 5.69 Å². The van der Waals surface area contributed by atoms with E-state index < -0.39 is 5.82 Å². The standard InChI is InChI=1S/C29H26Cl2FN5OS/c1-17-16-19(18(2)37(17)24-12-7-8-20(30)26(24)31)28-27(23-11-5-6-14-33-23)35-29(39)36(28)15-13-25(38)34-22-10-4-3-9-21(22)32/h3-12,14,16,27-28H,13,15H2,1-2H3,(H,34,38)(H,35,39). The largest absolute Gasteiger partial charge is 0.352 e. The molecule has 2 aromatic carbocycles. The Morgan fingerprint density at radius 3 is 2.62 bits per heavy atom. The van der Waals surface area contributed by atoms with Gasteiger partial charge in [-0.3, -0.25) is 9.78 Å². The monoisotopic (exact) mass is 581 g/mol. The van der Waals surface area contributed by atoms with Crippen LogP contribution in [-0.2, 0) is 4.79 Å². The van der Waals surface area contributed by atoms with Crippen LogP contribution in [0.15, 0.2) is 72.9 Å². The molecular weight excluding hydrogens is 556 g/mol. The summed E-state index contributed by atoms with van der Waals surface area (Å²) in [6.45, 7) is 4.36. The first-order valence-corrected chi connectivity index (χ1v) is 13.6. The number of nitrogens with one attached hydrogen (secondary N) is 2. The van der Waals surface area contributed by atoms with Crippen molar-refractivity contribution in [3.8, 4) is 5.69 Å². The van der Waals surface area contributed by atoms with E-state index in [9.17, 15) is 9.18 Å². The lowest BCUT2D eigenvalue weighted by atomic mass is 9.96. The van der Waals surface area contributed by atoms with E-state index in [0.717, 1.165) is 28.3 Å². The van der Waals surface area contributed by atoms with Crippen LogP contribution in [0.1, 0.15) is 41.1 Å². The first-order chi connectivity index (χ1) is 18.8. The number of anilines is 1. The Balaban J connectivity index is 1.50. The van der Waals surface area contributed by atoms with Crippen molar-refractivity contribution in [2.75, 3.05) is 11.9 Å². The molecule has 2 N–H and O–H groups in total. The first kappa shape index (κ1) is 27.1. The normalized spacial score (nSPS) is 16.8. The summed E-state index contributed by atoms with van der Waals surface area (Å²) in [5, 5.41) is 7.53. The lowest BCUT2D eigenvalue weighted by Crippen LogP contribution is -2.33. The molecule has 0 aliphatic carbocycles. The molecule has 1 amide bonds. The number of nitrogens with zero attached hydrogens (tertiary/aromatic N) is 3. The van der Waals surface area contributed by atoms with Crippen LogP contribution in [0.3, 0.4) is 0 Å². The molecule has 4 aromatic rings. The fraction of sp³-hybridized carbons (Fsp3) is 0.207. The second-order valence-corrected chi connectivity index (χ2v) is 10.5. The van der Waals surface area contributed by atoms with Gasteiger partial charge in [-0.1, -0.05) is 47.5 Å². The van der Waals surface area contributed by atoms with Crippen LogP contribution in [0.2, 0.25) is 10.0 Å². The number of pyridine rings is 1. The van der Waals surface area contributed by atoms with E-state index in [1.54, 1.807) is 24.4 Å². The number of amides is 1. The average Bonchev–Trinajstić information content (AvgIpc) is 3.40. The molecule has 6 nitrogen and oxygen atoms in total. The summed E-state index contributed by atoms with van der Waals surface area (Å²) in [6, 6.07) is 19.0. The predicted molar refractivity (Wildman–Crippen MR) is 157 cm³/mol. The zero-order chi connectivity index (χ0) is 27.7. The van der Waals surface area contributed by atoms with Gasteiger partial charge in [0.2, 0.25) is 5.91 Å². The third kappa shape index (κ3) is 5.37. The van der Waals surface area contributed by atoms with E-state index in [1.165, 1.54) is 12.1 Å². The molecule has 39 heavy (non-hydrogen) atoms. The number of carbonyl (C=O) groups is 1. The summed E-state index contributed by atoms with van der Waals surface area (Å²) in [6.07, 6.45) is 1.86. The minimum Gasteiger partial charge on any atom is -0.352 e. The van der Waals surface area contributed by atoms with Crippen LogP contribution in [0.4, 0.5) is 10.1 Å². The number of hydrogen-bond acceptors (Lipinski definition) is 3. The number of para-hydroxylation sites is 1. The Hall–Kier alpha value is -3.46. The fourth-order valence-electron chi connectivity index (χ4n) is 5.10. The van der Waals surface area contributed by atoms with Crippen molar-refractivity contribution in [2.45, 2.75) is 32.4 Å². The van der Waals surface area contributed by atoms with Gasteiger partial charge in [0, 0.05) is 30.6 Å². The number of halogens is 3. The highest BCUT2D eigenvalue weighted by atomic mass is 35.5. The zero-order valence-electron chi connectivity index (χ0n) is 21.3. The molecule has 10 heteroatoms. The topological polar surface area (TPSA) is 62.2 Å². The number of aromatic nitrogens is 2. The third-order valence-electron chi connectivity index (χ3n) is 6.89. The number of benzene rings is 2. The van der Waals surface area contributed by atoms with E-state index in [2.05, 4.69) is 26.3 Å². The average molecular weight is 583 g/mol. The summed E-state index contributed by atoms with van der Waals surface area (Å²) < 4.78 is 16.1. The minimum atomic E-state index is -0.482. The van der Waals surface area contributed by atoms with Gasteiger partial charge >= 0.3 is 0 Å². The lowest BCUT2D eigenvalue weighted by Gasteiger charge is -2.28. The molecule has 2 unspecified atom stereocenters. The van der Waals surface area contributed by atoms with Gasteiger partial charge in [0.05, 0.1) is 39.2 Å². The second-order valence-electron chi connectivity index (χ2n) is 9.33. The highest BCUT2D eigenvalue weighted by Crippen LogP contribution is 2.42. The van der Waals surface area contributed by atoms with E-state index >= 15 is 0 Å². The van der Waals surface area contributed by atoms with Gasteiger partial charge in [-0.05, 0) is 74.1 Å². The van der Waals surface area contributed by atoms with Gasteiger partial charge in [-0.2, -0.15) is 0 Å². The molecule has 0 spiro atoms. The zero-order valence-corrected chi connectivity index (χ0v) is 23.6. The molecular formula is C29H26Cl2FN5OS. The molecule has 1 saturated heterocycles. The van der Waals surface area contributed by atoms with Crippen molar-refractivity contribution in [1.82, 2.24) is 19.8 Å². The quantitative estimate of drug-likeness (QED) is 0.231. The van der Waals surface area contributed by atoms with E-state index in [1.807, 2.05) is 49.1 Å². The fourth-order valence-corrected chi connectivity index (χ4v) is 5.82. The molecule has 1 aliphatic heterocycles. The maximum atomic E-state index is 14.1. The number of aryl methyl sites for hydroxylation is 1. The summed E-state index contributed by atoms with van der Waals surface area (Å²) in [4.78, 5) is 19.4. The molecule has 2 aromatic heterocycles. The smallest absolute Gasteiger partial charge is 0.226 e. The lowest BCUT2D eigenvalue weighted by molar-refractivity contribution is -0.116. The maximum absolute atomic E-state index is 14.1. The van der Waals surface area contributed by atoms with Crippen LogP contribution in [-0.4, -0.2) is 32.0 Å². The molecule has 5 rings (SSSR count). The van der Waals surface area contributed by atoms with Gasteiger partial charge in [-0.25, -0.2) is 4.39 Å². The van der Waals surface area contributed by atoms with Crippen molar-refractivity contribution >= 4 is 52.1 Å². The predicted octanol–water partition coefficient (Wildman–Crippen LogP) is 6.94. The Morgan fingerprint density at radius 1 is 1.10 bits per heavy atom. The Kier molecular flexibility index (Phi) is 7.88. The van der Waals surface area contributed by atoms with Crippen molar-refractivity contribution < 1.29 is 9.18 Å². The summed E-state index contributed by atoms with van der Waals surface area (Å²) in [7, 11) is 0. The number of rotatable bonds is 7. The van der Waals surface area contributed by atoms with Gasteiger partial charge in [0.25, 0.3) is 0 Å². The van der Waals surface area contributed by atoms with Gasteiger partial charge < -0.3 is 20.1 Å². The molecule has 200 valence electrons. The summed E-state index contributed by atoms with van der Waals surface area (Å²) >= 11 is 18.7. The Labute approximate surface area is 241 Å². The number of carbonyl (C=O) groups excluding carboxylic acids is 1. The molecule has 0 bridgehead atoms. The SMILES string of the molecule is Cc1cc(C2C(c3ccccn3)NC(=S)N2CCC(=O)Nc2ccccc2F)c(C)n1-c1cccc(Cl)c1Cl. The maximum Gasteiger partial charge on any atom is 0.226 e. The second kappa shape index (κ2) is 11.3. The van der Waals surface area contributed by atoms with E-state index in [0.29, 0.717) is 21.7 Å². The molecule has 0 saturated carbocycles. The van der Waals surface area contributed by atoms with Gasteiger partial charge in [0.1, 0.15) is 5.82 Å². The highest BCUT2D eigenvalue weighted by Gasteiger charge is 2.41.